The zero-order chi connectivity index (χ0) is 18.2. The van der Waals surface area contributed by atoms with Crippen LogP contribution in [0.3, 0.4) is 0 Å². The van der Waals surface area contributed by atoms with E-state index in [1.54, 1.807) is 12.0 Å². The highest BCUT2D eigenvalue weighted by atomic mass is 16.5. The highest BCUT2D eigenvalue weighted by molar-refractivity contribution is 5.84. The molecule has 0 aliphatic carbocycles. The first-order chi connectivity index (χ1) is 12.0. The quantitative estimate of drug-likeness (QED) is 0.795. The van der Waals surface area contributed by atoms with Crippen molar-refractivity contribution in [1.82, 2.24) is 15.1 Å². The number of nitrogens with zero attached hydrogens (tertiary/aromatic N) is 2. The first-order valence-corrected chi connectivity index (χ1v) is 8.15. The van der Waals surface area contributed by atoms with Crippen molar-refractivity contribution in [1.29, 1.82) is 0 Å². The number of nitrogens with one attached hydrogen (secondary N) is 1. The lowest BCUT2D eigenvalue weighted by Crippen LogP contribution is -2.44. The summed E-state index contributed by atoms with van der Waals surface area (Å²) in [4.78, 5) is 38.1. The van der Waals surface area contributed by atoms with Gasteiger partial charge in [0.05, 0.1) is 13.5 Å². The van der Waals surface area contributed by atoms with E-state index < -0.39 is 12.0 Å². The van der Waals surface area contributed by atoms with Gasteiger partial charge in [-0.05, 0) is 24.1 Å². The van der Waals surface area contributed by atoms with Gasteiger partial charge >= 0.3 is 12.0 Å². The minimum absolute atomic E-state index is 0.00490. The second-order valence-corrected chi connectivity index (χ2v) is 5.81. The first kappa shape index (κ1) is 18.6. The molecule has 0 radical (unpaired) electrons. The summed E-state index contributed by atoms with van der Waals surface area (Å²) in [5, 5.41) is 11.1. The van der Waals surface area contributed by atoms with E-state index in [2.05, 4.69) is 5.32 Å². The van der Waals surface area contributed by atoms with E-state index in [9.17, 15) is 14.4 Å². The second kappa shape index (κ2) is 8.91. The number of rotatable bonds is 6. The summed E-state index contributed by atoms with van der Waals surface area (Å²) in [6, 6.07) is 7.11. The molecule has 1 aliphatic rings. The largest absolute Gasteiger partial charge is 0.497 e. The molecule has 25 heavy (non-hydrogen) atoms. The van der Waals surface area contributed by atoms with E-state index in [1.165, 1.54) is 4.90 Å². The van der Waals surface area contributed by atoms with Gasteiger partial charge in [-0.25, -0.2) is 4.79 Å². The number of hydrogen-bond acceptors (Lipinski definition) is 4. The highest BCUT2D eigenvalue weighted by Gasteiger charge is 2.24. The molecule has 1 aromatic rings. The molecule has 8 heteroatoms. The molecule has 3 amide bonds. The van der Waals surface area contributed by atoms with Crippen molar-refractivity contribution in [3.8, 4) is 5.75 Å². The SMILES string of the molecule is COc1ccc(CN2CCCN(C(=O)NCCC(=O)O)CC2=O)cc1. The lowest BCUT2D eigenvalue weighted by molar-refractivity contribution is -0.137. The summed E-state index contributed by atoms with van der Waals surface area (Å²) < 4.78 is 5.12. The van der Waals surface area contributed by atoms with Crippen LogP contribution in [0.5, 0.6) is 5.75 Å². The number of carbonyl (C=O) groups excluding carboxylic acids is 2. The van der Waals surface area contributed by atoms with Gasteiger partial charge in [-0.2, -0.15) is 0 Å². The monoisotopic (exact) mass is 349 g/mol. The van der Waals surface area contributed by atoms with Crippen LogP contribution in [0.15, 0.2) is 24.3 Å². The molecule has 136 valence electrons. The number of aliphatic carboxylic acids is 1. The number of carboxylic acids is 1. The summed E-state index contributed by atoms with van der Waals surface area (Å²) in [5.41, 5.74) is 0.994. The van der Waals surface area contributed by atoms with E-state index in [-0.39, 0.29) is 25.4 Å². The molecule has 0 unspecified atom stereocenters. The Balaban J connectivity index is 1.89. The molecule has 1 heterocycles. The van der Waals surface area contributed by atoms with E-state index in [0.717, 1.165) is 11.3 Å². The van der Waals surface area contributed by atoms with Crippen LogP contribution >= 0.6 is 0 Å². The Bertz CT molecular complexity index is 617. The highest BCUT2D eigenvalue weighted by Crippen LogP contribution is 2.14. The van der Waals surface area contributed by atoms with E-state index in [4.69, 9.17) is 9.84 Å². The van der Waals surface area contributed by atoms with Gasteiger partial charge in [-0.3, -0.25) is 9.59 Å². The molecule has 0 aromatic heterocycles. The van der Waals surface area contributed by atoms with Crippen molar-refractivity contribution < 1.29 is 24.2 Å². The van der Waals surface area contributed by atoms with E-state index in [0.29, 0.717) is 26.1 Å². The average molecular weight is 349 g/mol. The van der Waals surface area contributed by atoms with Crippen molar-refractivity contribution in [3.63, 3.8) is 0 Å². The van der Waals surface area contributed by atoms with Crippen LogP contribution in [-0.4, -0.2) is 66.1 Å². The normalized spacial score (nSPS) is 14.8. The van der Waals surface area contributed by atoms with Gasteiger partial charge in [-0.15, -0.1) is 0 Å². The van der Waals surface area contributed by atoms with Crippen molar-refractivity contribution in [3.05, 3.63) is 29.8 Å². The zero-order valence-corrected chi connectivity index (χ0v) is 14.2. The molecule has 0 spiro atoms. The van der Waals surface area contributed by atoms with Crippen LogP contribution in [0.2, 0.25) is 0 Å². The molecule has 8 nitrogen and oxygen atoms in total. The Morgan fingerprint density at radius 3 is 2.60 bits per heavy atom. The van der Waals surface area contributed by atoms with Crippen LogP contribution in [0, 0.1) is 0 Å². The van der Waals surface area contributed by atoms with Crippen LogP contribution < -0.4 is 10.1 Å². The summed E-state index contributed by atoms with van der Waals surface area (Å²) in [7, 11) is 1.60. The average Bonchev–Trinajstić information content (AvgIpc) is 2.77. The molecule has 0 saturated carbocycles. The van der Waals surface area contributed by atoms with Gasteiger partial charge in [0, 0.05) is 26.2 Å². The molecular weight excluding hydrogens is 326 g/mol. The van der Waals surface area contributed by atoms with Crippen LogP contribution in [-0.2, 0) is 16.1 Å². The molecule has 0 bridgehead atoms. The molecule has 1 saturated heterocycles. The Morgan fingerprint density at radius 2 is 1.96 bits per heavy atom. The minimum Gasteiger partial charge on any atom is -0.497 e. The third kappa shape index (κ3) is 5.66. The van der Waals surface area contributed by atoms with Gasteiger partial charge < -0.3 is 25.0 Å². The van der Waals surface area contributed by atoms with Crippen LogP contribution in [0.4, 0.5) is 4.79 Å². The molecule has 1 aromatic carbocycles. The summed E-state index contributed by atoms with van der Waals surface area (Å²) in [5.74, 6) is -0.338. The third-order valence-corrected chi connectivity index (χ3v) is 3.97. The minimum atomic E-state index is -0.974. The fraction of sp³-hybridized carbons (Fsp3) is 0.471. The Kier molecular flexibility index (Phi) is 6.62. The molecular formula is C17H23N3O5. The first-order valence-electron chi connectivity index (χ1n) is 8.15. The molecule has 2 rings (SSSR count). The summed E-state index contributed by atoms with van der Waals surface area (Å²) in [6.45, 7) is 1.56. The Labute approximate surface area is 146 Å². The van der Waals surface area contributed by atoms with Gasteiger partial charge in [0.2, 0.25) is 5.91 Å². The fourth-order valence-corrected chi connectivity index (χ4v) is 2.60. The Hall–Kier alpha value is -2.77. The van der Waals surface area contributed by atoms with Gasteiger partial charge in [0.1, 0.15) is 12.3 Å². The van der Waals surface area contributed by atoms with Crippen LogP contribution in [0.25, 0.3) is 0 Å². The number of hydrogen-bond donors (Lipinski definition) is 2. The maximum absolute atomic E-state index is 12.4. The Morgan fingerprint density at radius 1 is 1.24 bits per heavy atom. The van der Waals surface area contributed by atoms with Crippen molar-refractivity contribution in [2.24, 2.45) is 0 Å². The zero-order valence-electron chi connectivity index (χ0n) is 14.2. The number of carbonyl (C=O) groups is 3. The number of carboxylic acid groups (broad SMARTS) is 1. The van der Waals surface area contributed by atoms with Crippen molar-refractivity contribution >= 4 is 17.9 Å². The van der Waals surface area contributed by atoms with Crippen LogP contribution in [0.1, 0.15) is 18.4 Å². The summed E-state index contributed by atoms with van der Waals surface area (Å²) in [6.07, 6.45) is 0.533. The maximum Gasteiger partial charge on any atom is 0.317 e. The molecule has 1 aliphatic heterocycles. The number of ether oxygens (including phenoxy) is 1. The van der Waals surface area contributed by atoms with Gasteiger partial charge in [-0.1, -0.05) is 12.1 Å². The summed E-state index contributed by atoms with van der Waals surface area (Å²) >= 11 is 0. The van der Waals surface area contributed by atoms with E-state index >= 15 is 0 Å². The standard InChI is InChI=1S/C17H23N3O5/c1-25-14-5-3-13(4-6-14)11-19-9-2-10-20(12-15(19)21)17(24)18-8-7-16(22)23/h3-6H,2,7-12H2,1H3,(H,18,24)(H,22,23). The number of amides is 3. The fourth-order valence-electron chi connectivity index (χ4n) is 2.60. The lowest BCUT2D eigenvalue weighted by atomic mass is 10.2. The predicted octanol–water partition coefficient (Wildman–Crippen LogP) is 0.914. The number of methoxy groups -OCH3 is 1. The van der Waals surface area contributed by atoms with Crippen molar-refractivity contribution in [2.45, 2.75) is 19.4 Å². The molecule has 1 fully saturated rings. The van der Waals surface area contributed by atoms with Crippen molar-refractivity contribution in [2.75, 3.05) is 33.3 Å². The topological polar surface area (TPSA) is 99.2 Å². The van der Waals surface area contributed by atoms with E-state index in [1.807, 2.05) is 24.3 Å². The predicted molar refractivity (Wildman–Crippen MR) is 90.3 cm³/mol. The van der Waals surface area contributed by atoms with Gasteiger partial charge in [0.15, 0.2) is 0 Å². The lowest BCUT2D eigenvalue weighted by Gasteiger charge is -2.22. The maximum atomic E-state index is 12.4. The number of benzene rings is 1. The molecule has 0 atom stereocenters. The molecule has 2 N–H and O–H groups in total. The smallest absolute Gasteiger partial charge is 0.317 e. The number of urea groups is 1. The second-order valence-electron chi connectivity index (χ2n) is 5.81. The third-order valence-electron chi connectivity index (χ3n) is 3.97. The van der Waals surface area contributed by atoms with Gasteiger partial charge in [0.25, 0.3) is 0 Å².